The normalized spacial score (nSPS) is 16.4. The number of nitrogens with zero attached hydrogens (tertiary/aromatic N) is 3. The fourth-order valence-corrected chi connectivity index (χ4v) is 4.46. The van der Waals surface area contributed by atoms with Crippen LogP contribution in [0.25, 0.3) is 17.5 Å². The lowest BCUT2D eigenvalue weighted by atomic mass is 9.84. The Morgan fingerprint density at radius 3 is 2.18 bits per heavy atom. The van der Waals surface area contributed by atoms with Crippen LogP contribution in [0.5, 0.6) is 0 Å². The van der Waals surface area contributed by atoms with Crippen molar-refractivity contribution in [3.8, 4) is 12.1 Å². The van der Waals surface area contributed by atoms with E-state index in [1.807, 2.05) is 60.7 Å². The molecule has 0 saturated heterocycles. The van der Waals surface area contributed by atoms with Crippen molar-refractivity contribution in [1.82, 2.24) is 4.57 Å². The molecule has 0 bridgehead atoms. The van der Waals surface area contributed by atoms with Gasteiger partial charge in [0.25, 0.3) is 5.56 Å². The number of nitrogens with two attached hydrogens (primary N) is 1. The Hall–Kier alpha value is -3.87. The van der Waals surface area contributed by atoms with Gasteiger partial charge in [0.05, 0.1) is 33.7 Å². The minimum Gasteiger partial charge on any atom is -0.384 e. The highest BCUT2D eigenvalue weighted by Gasteiger charge is 2.31. The zero-order chi connectivity index (χ0) is 19.7. The van der Waals surface area contributed by atoms with Crippen LogP contribution in [0, 0.1) is 22.7 Å². The SMILES string of the molecule is N#CC1=C(N)n2c(s/c(=C\c3ccccc3)c2=O)=C(C#N)[C@H]1c1ccccc1. The summed E-state index contributed by atoms with van der Waals surface area (Å²) < 4.78 is 2.22. The van der Waals surface area contributed by atoms with Crippen molar-refractivity contribution in [3.63, 3.8) is 0 Å². The first-order valence-electron chi connectivity index (χ1n) is 8.53. The summed E-state index contributed by atoms with van der Waals surface area (Å²) in [6, 6.07) is 23.0. The number of rotatable bonds is 2. The highest BCUT2D eigenvalue weighted by Crippen LogP contribution is 2.35. The van der Waals surface area contributed by atoms with Crippen LogP contribution in [0.15, 0.2) is 71.0 Å². The Morgan fingerprint density at radius 1 is 0.964 bits per heavy atom. The first-order valence-corrected chi connectivity index (χ1v) is 9.35. The third kappa shape index (κ3) is 2.73. The monoisotopic (exact) mass is 382 g/mol. The zero-order valence-electron chi connectivity index (χ0n) is 14.7. The molecular formula is C22H14N4OS. The number of benzene rings is 2. The number of allylic oxidation sites excluding steroid dienone is 1. The largest absolute Gasteiger partial charge is 0.384 e. The zero-order valence-corrected chi connectivity index (χ0v) is 15.5. The van der Waals surface area contributed by atoms with Gasteiger partial charge in [0, 0.05) is 0 Å². The van der Waals surface area contributed by atoms with Crippen molar-refractivity contribution < 1.29 is 0 Å². The molecule has 1 atom stereocenters. The van der Waals surface area contributed by atoms with Crippen LogP contribution >= 0.6 is 11.3 Å². The van der Waals surface area contributed by atoms with Crippen LogP contribution in [0.2, 0.25) is 0 Å². The van der Waals surface area contributed by atoms with E-state index in [9.17, 15) is 15.3 Å². The summed E-state index contributed by atoms with van der Waals surface area (Å²) in [7, 11) is 0. The lowest BCUT2D eigenvalue weighted by molar-refractivity contribution is 0.906. The molecule has 1 aliphatic heterocycles. The molecule has 0 aliphatic carbocycles. The highest BCUT2D eigenvalue weighted by molar-refractivity contribution is 7.07. The topological polar surface area (TPSA) is 95.6 Å². The molecule has 0 unspecified atom stereocenters. The summed E-state index contributed by atoms with van der Waals surface area (Å²) >= 11 is 1.22. The van der Waals surface area contributed by atoms with E-state index < -0.39 is 5.92 Å². The van der Waals surface area contributed by atoms with Gasteiger partial charge in [-0.25, -0.2) is 0 Å². The van der Waals surface area contributed by atoms with Gasteiger partial charge in [-0.3, -0.25) is 9.36 Å². The summed E-state index contributed by atoms with van der Waals surface area (Å²) in [5, 5.41) is 19.6. The number of thiazole rings is 1. The van der Waals surface area contributed by atoms with Gasteiger partial charge in [0.15, 0.2) is 0 Å². The van der Waals surface area contributed by atoms with E-state index in [2.05, 4.69) is 12.1 Å². The Labute approximate surface area is 164 Å². The average Bonchev–Trinajstić information content (AvgIpc) is 3.05. The van der Waals surface area contributed by atoms with E-state index in [-0.39, 0.29) is 17.0 Å². The third-order valence-electron chi connectivity index (χ3n) is 4.62. The predicted molar refractivity (Wildman–Crippen MR) is 109 cm³/mol. The standard InChI is InChI=1S/C22H14N4OS/c23-12-16-19(15-9-5-2-6-10-15)17(13-24)22-26(20(16)25)21(27)18(28-22)11-14-7-3-1-4-8-14/h1-11,19H,25H2/b18-11-/t19-/m0/s1. The molecule has 0 amide bonds. The minimum atomic E-state index is -0.584. The molecular weight excluding hydrogens is 368 g/mol. The lowest BCUT2D eigenvalue weighted by Gasteiger charge is -2.22. The van der Waals surface area contributed by atoms with E-state index in [1.54, 1.807) is 6.08 Å². The smallest absolute Gasteiger partial charge is 0.274 e. The highest BCUT2D eigenvalue weighted by atomic mass is 32.1. The molecule has 3 aromatic rings. The second-order valence-corrected chi connectivity index (χ2v) is 7.28. The summed E-state index contributed by atoms with van der Waals surface area (Å²) in [4.78, 5) is 13.0. The summed E-state index contributed by atoms with van der Waals surface area (Å²) in [6.45, 7) is 0. The van der Waals surface area contributed by atoms with Crippen LogP contribution in [0.4, 0.5) is 0 Å². The van der Waals surface area contributed by atoms with E-state index in [4.69, 9.17) is 5.73 Å². The number of hydrogen-bond donors (Lipinski definition) is 1. The van der Waals surface area contributed by atoms with Crippen molar-refractivity contribution in [2.75, 3.05) is 0 Å². The molecule has 0 spiro atoms. The maximum absolute atomic E-state index is 13.0. The van der Waals surface area contributed by atoms with Gasteiger partial charge in [0.2, 0.25) is 0 Å². The van der Waals surface area contributed by atoms with E-state index in [0.29, 0.717) is 14.8 Å². The molecule has 5 nitrogen and oxygen atoms in total. The van der Waals surface area contributed by atoms with Gasteiger partial charge in [-0.1, -0.05) is 60.7 Å². The molecule has 1 aliphatic rings. The van der Waals surface area contributed by atoms with Crippen molar-refractivity contribution >= 4 is 28.8 Å². The van der Waals surface area contributed by atoms with Gasteiger partial charge < -0.3 is 5.73 Å². The fraction of sp³-hybridized carbons (Fsp3) is 0.0455. The number of fused-ring (bicyclic) bond motifs is 1. The first kappa shape index (κ1) is 17.5. The molecule has 0 saturated carbocycles. The molecule has 2 aromatic carbocycles. The van der Waals surface area contributed by atoms with Crippen LogP contribution < -0.4 is 20.5 Å². The van der Waals surface area contributed by atoms with Gasteiger partial charge in [0.1, 0.15) is 10.5 Å². The van der Waals surface area contributed by atoms with Gasteiger partial charge in [-0.2, -0.15) is 10.5 Å². The summed E-state index contributed by atoms with van der Waals surface area (Å²) in [6.07, 6.45) is 1.77. The quantitative estimate of drug-likeness (QED) is 0.732. The Morgan fingerprint density at radius 2 is 1.57 bits per heavy atom. The van der Waals surface area contributed by atoms with Crippen molar-refractivity contribution in [1.29, 1.82) is 10.5 Å². The number of hydrogen-bond acceptors (Lipinski definition) is 5. The molecule has 28 heavy (non-hydrogen) atoms. The summed E-state index contributed by atoms with van der Waals surface area (Å²) in [5.41, 5.74) is 8.15. The molecule has 6 heteroatoms. The van der Waals surface area contributed by atoms with Gasteiger partial charge in [-0.05, 0) is 17.2 Å². The molecule has 2 heterocycles. The molecule has 4 rings (SSSR count). The van der Waals surface area contributed by atoms with Crippen molar-refractivity contribution in [2.24, 2.45) is 5.73 Å². The fourth-order valence-electron chi connectivity index (χ4n) is 3.33. The molecule has 1 aromatic heterocycles. The van der Waals surface area contributed by atoms with Gasteiger partial charge >= 0.3 is 0 Å². The minimum absolute atomic E-state index is 0.0827. The molecule has 134 valence electrons. The van der Waals surface area contributed by atoms with Gasteiger partial charge in [-0.15, -0.1) is 11.3 Å². The van der Waals surface area contributed by atoms with Crippen LogP contribution in [0.1, 0.15) is 17.0 Å². The van der Waals surface area contributed by atoms with Crippen molar-refractivity contribution in [3.05, 3.63) is 96.9 Å². The third-order valence-corrected chi connectivity index (χ3v) is 5.73. The second kappa shape index (κ2) is 7.03. The Bertz CT molecular complexity index is 1350. The average molecular weight is 382 g/mol. The van der Waals surface area contributed by atoms with E-state index in [0.717, 1.165) is 11.1 Å². The molecule has 0 fully saturated rings. The molecule has 0 radical (unpaired) electrons. The maximum atomic E-state index is 13.0. The second-order valence-electron chi connectivity index (χ2n) is 6.25. The summed E-state index contributed by atoms with van der Waals surface area (Å²) in [5.74, 6) is -0.502. The van der Waals surface area contributed by atoms with Crippen LogP contribution in [-0.4, -0.2) is 4.57 Å². The van der Waals surface area contributed by atoms with Crippen LogP contribution in [0.3, 0.4) is 0 Å². The Balaban J connectivity index is 2.08. The van der Waals surface area contributed by atoms with Crippen LogP contribution in [-0.2, 0) is 0 Å². The number of nitriles is 2. The van der Waals surface area contributed by atoms with Crippen molar-refractivity contribution in [2.45, 2.75) is 5.92 Å². The number of aromatic nitrogens is 1. The maximum Gasteiger partial charge on any atom is 0.274 e. The first-order chi connectivity index (χ1) is 13.7. The van der Waals surface area contributed by atoms with E-state index in [1.165, 1.54) is 15.9 Å². The van der Waals surface area contributed by atoms with E-state index >= 15 is 0 Å². The Kier molecular flexibility index (Phi) is 4.41. The lowest BCUT2D eigenvalue weighted by Crippen LogP contribution is -2.38. The predicted octanol–water partition coefficient (Wildman–Crippen LogP) is 1.86. The molecule has 2 N–H and O–H groups in total.